The second-order valence-electron chi connectivity index (χ2n) is 4.30. The summed E-state index contributed by atoms with van der Waals surface area (Å²) in [4.78, 5) is 22.8. The summed E-state index contributed by atoms with van der Waals surface area (Å²) in [6, 6.07) is 7.41. The van der Waals surface area contributed by atoms with Crippen LogP contribution in [0.3, 0.4) is 0 Å². The van der Waals surface area contributed by atoms with Crippen molar-refractivity contribution >= 4 is 6.29 Å². The molecule has 0 amide bonds. The SMILES string of the molecule is O=Cc1cccc(-n2ccn(C3CC3)c2=O)c1. The Morgan fingerprint density at radius 3 is 2.76 bits per heavy atom. The second kappa shape index (κ2) is 3.73. The van der Waals surface area contributed by atoms with Gasteiger partial charge in [-0.2, -0.15) is 0 Å². The van der Waals surface area contributed by atoms with Gasteiger partial charge in [0.15, 0.2) is 0 Å². The quantitative estimate of drug-likeness (QED) is 0.752. The fourth-order valence-electron chi connectivity index (χ4n) is 1.97. The van der Waals surface area contributed by atoms with Gasteiger partial charge in [0.05, 0.1) is 5.69 Å². The zero-order valence-corrected chi connectivity index (χ0v) is 9.24. The molecule has 1 aromatic carbocycles. The smallest absolute Gasteiger partial charge is 0.298 e. The van der Waals surface area contributed by atoms with Crippen molar-refractivity contribution in [3.63, 3.8) is 0 Å². The predicted octanol–water partition coefficient (Wildman–Crippen LogP) is 1.79. The Hall–Kier alpha value is -2.10. The van der Waals surface area contributed by atoms with Crippen LogP contribution in [0.15, 0.2) is 41.5 Å². The zero-order chi connectivity index (χ0) is 11.8. The number of aromatic nitrogens is 2. The van der Waals surface area contributed by atoms with Crippen molar-refractivity contribution in [2.45, 2.75) is 18.9 Å². The Balaban J connectivity index is 2.08. The fraction of sp³-hybridized carbons (Fsp3) is 0.231. The number of benzene rings is 1. The minimum atomic E-state index is -0.0319. The monoisotopic (exact) mass is 228 g/mol. The van der Waals surface area contributed by atoms with E-state index in [2.05, 4.69) is 0 Å². The summed E-state index contributed by atoms with van der Waals surface area (Å²) in [5.41, 5.74) is 1.28. The van der Waals surface area contributed by atoms with Crippen LogP contribution in [-0.4, -0.2) is 15.4 Å². The van der Waals surface area contributed by atoms with E-state index >= 15 is 0 Å². The molecule has 2 aromatic rings. The molecule has 3 rings (SSSR count). The maximum absolute atomic E-state index is 12.1. The van der Waals surface area contributed by atoms with E-state index in [0.717, 1.165) is 24.8 Å². The summed E-state index contributed by atoms with van der Waals surface area (Å²) < 4.78 is 3.33. The molecule has 0 bridgehead atoms. The lowest BCUT2D eigenvalue weighted by Crippen LogP contribution is -2.22. The van der Waals surface area contributed by atoms with Gasteiger partial charge in [0.2, 0.25) is 0 Å². The van der Waals surface area contributed by atoms with Crippen molar-refractivity contribution in [3.05, 3.63) is 52.7 Å². The lowest BCUT2D eigenvalue weighted by atomic mass is 10.2. The standard InChI is InChI=1S/C13H12N2O2/c16-9-10-2-1-3-12(8-10)15-7-6-14(13(15)17)11-4-5-11/h1-3,6-9,11H,4-5H2. The van der Waals surface area contributed by atoms with E-state index in [-0.39, 0.29) is 5.69 Å². The van der Waals surface area contributed by atoms with Crippen LogP contribution in [0.25, 0.3) is 5.69 Å². The lowest BCUT2D eigenvalue weighted by Gasteiger charge is -2.02. The molecular formula is C13H12N2O2. The molecule has 17 heavy (non-hydrogen) atoms. The minimum absolute atomic E-state index is 0.0319. The number of rotatable bonds is 3. The molecule has 0 unspecified atom stereocenters. The lowest BCUT2D eigenvalue weighted by molar-refractivity contribution is 0.112. The number of imidazole rings is 1. The molecule has 0 radical (unpaired) electrons. The van der Waals surface area contributed by atoms with Crippen LogP contribution >= 0.6 is 0 Å². The highest BCUT2D eigenvalue weighted by Crippen LogP contribution is 2.33. The normalized spacial score (nSPS) is 14.8. The van der Waals surface area contributed by atoms with Gasteiger partial charge in [-0.1, -0.05) is 12.1 Å². The van der Waals surface area contributed by atoms with Gasteiger partial charge in [0.1, 0.15) is 6.29 Å². The number of carbonyl (C=O) groups is 1. The first-order chi connectivity index (χ1) is 8.29. The van der Waals surface area contributed by atoms with Crippen LogP contribution in [0.4, 0.5) is 0 Å². The predicted molar refractivity (Wildman–Crippen MR) is 63.7 cm³/mol. The number of carbonyl (C=O) groups excluding carboxylic acids is 1. The molecule has 1 aliphatic carbocycles. The summed E-state index contributed by atoms with van der Waals surface area (Å²) in [7, 11) is 0. The fourth-order valence-corrected chi connectivity index (χ4v) is 1.97. The van der Waals surface area contributed by atoms with E-state index in [1.165, 1.54) is 0 Å². The first kappa shape index (κ1) is 10.1. The molecule has 86 valence electrons. The summed E-state index contributed by atoms with van der Waals surface area (Å²) in [5, 5.41) is 0. The second-order valence-corrected chi connectivity index (χ2v) is 4.30. The van der Waals surface area contributed by atoms with Crippen molar-refractivity contribution in [1.82, 2.24) is 9.13 Å². The van der Waals surface area contributed by atoms with E-state index in [1.54, 1.807) is 33.5 Å². The van der Waals surface area contributed by atoms with Crippen molar-refractivity contribution in [2.24, 2.45) is 0 Å². The third-order valence-electron chi connectivity index (χ3n) is 3.03. The Kier molecular flexibility index (Phi) is 2.21. The molecule has 4 heteroatoms. The molecule has 4 nitrogen and oxygen atoms in total. The van der Waals surface area contributed by atoms with Crippen LogP contribution in [-0.2, 0) is 0 Å². The average Bonchev–Trinajstić information content (AvgIpc) is 3.13. The Morgan fingerprint density at radius 2 is 2.06 bits per heavy atom. The molecule has 0 N–H and O–H groups in total. The minimum Gasteiger partial charge on any atom is -0.298 e. The van der Waals surface area contributed by atoms with Gasteiger partial charge in [-0.05, 0) is 25.0 Å². The highest BCUT2D eigenvalue weighted by atomic mass is 16.1. The van der Waals surface area contributed by atoms with Crippen LogP contribution in [0.5, 0.6) is 0 Å². The van der Waals surface area contributed by atoms with E-state index in [9.17, 15) is 9.59 Å². The average molecular weight is 228 g/mol. The van der Waals surface area contributed by atoms with Crippen LogP contribution in [0.2, 0.25) is 0 Å². The first-order valence-electron chi connectivity index (χ1n) is 5.65. The van der Waals surface area contributed by atoms with Gasteiger partial charge in [0, 0.05) is 24.0 Å². The first-order valence-corrected chi connectivity index (χ1v) is 5.65. The molecule has 1 heterocycles. The highest BCUT2D eigenvalue weighted by Gasteiger charge is 2.25. The maximum atomic E-state index is 12.1. The molecule has 1 fully saturated rings. The van der Waals surface area contributed by atoms with Crippen molar-refractivity contribution in [2.75, 3.05) is 0 Å². The van der Waals surface area contributed by atoms with Gasteiger partial charge in [-0.25, -0.2) is 4.79 Å². The maximum Gasteiger partial charge on any atom is 0.332 e. The molecule has 1 saturated carbocycles. The Bertz CT molecular complexity index is 620. The third kappa shape index (κ3) is 1.71. The molecule has 1 aromatic heterocycles. The third-order valence-corrected chi connectivity index (χ3v) is 3.03. The van der Waals surface area contributed by atoms with Crippen molar-refractivity contribution < 1.29 is 4.79 Å². The highest BCUT2D eigenvalue weighted by molar-refractivity contribution is 5.75. The molecule has 0 saturated heterocycles. The zero-order valence-electron chi connectivity index (χ0n) is 9.24. The molecule has 1 aliphatic rings. The number of nitrogens with zero attached hydrogens (tertiary/aromatic N) is 2. The molecule has 0 aliphatic heterocycles. The summed E-state index contributed by atoms with van der Waals surface area (Å²) in [6.45, 7) is 0. The summed E-state index contributed by atoms with van der Waals surface area (Å²) >= 11 is 0. The summed E-state index contributed by atoms with van der Waals surface area (Å²) in [6.07, 6.45) is 6.52. The van der Waals surface area contributed by atoms with E-state index in [1.807, 2.05) is 12.3 Å². The van der Waals surface area contributed by atoms with Crippen LogP contribution < -0.4 is 5.69 Å². The van der Waals surface area contributed by atoms with E-state index in [4.69, 9.17) is 0 Å². The molecular weight excluding hydrogens is 216 g/mol. The van der Waals surface area contributed by atoms with Gasteiger partial charge in [0.25, 0.3) is 0 Å². The summed E-state index contributed by atoms with van der Waals surface area (Å²) in [5.74, 6) is 0. The van der Waals surface area contributed by atoms with E-state index in [0.29, 0.717) is 11.6 Å². The molecule has 0 spiro atoms. The molecule has 0 atom stereocenters. The van der Waals surface area contributed by atoms with Gasteiger partial charge >= 0.3 is 5.69 Å². The van der Waals surface area contributed by atoms with Crippen molar-refractivity contribution in [1.29, 1.82) is 0 Å². The largest absolute Gasteiger partial charge is 0.332 e. The Morgan fingerprint density at radius 1 is 1.24 bits per heavy atom. The Labute approximate surface area is 98.1 Å². The number of aldehydes is 1. The number of hydrogen-bond acceptors (Lipinski definition) is 2. The van der Waals surface area contributed by atoms with Crippen LogP contribution in [0.1, 0.15) is 29.2 Å². The van der Waals surface area contributed by atoms with Gasteiger partial charge in [-0.3, -0.25) is 13.9 Å². The van der Waals surface area contributed by atoms with E-state index < -0.39 is 0 Å². The van der Waals surface area contributed by atoms with Crippen LogP contribution in [0, 0.1) is 0 Å². The van der Waals surface area contributed by atoms with Gasteiger partial charge < -0.3 is 0 Å². The topological polar surface area (TPSA) is 44.0 Å². The van der Waals surface area contributed by atoms with Crippen molar-refractivity contribution in [3.8, 4) is 5.69 Å². The van der Waals surface area contributed by atoms with Gasteiger partial charge in [-0.15, -0.1) is 0 Å². The number of hydrogen-bond donors (Lipinski definition) is 0.